The number of aliphatic imine (C=N–C) groups is 1. The van der Waals surface area contributed by atoms with E-state index in [1.807, 2.05) is 13.8 Å². The second-order valence-corrected chi connectivity index (χ2v) is 4.78. The van der Waals surface area contributed by atoms with Crippen molar-refractivity contribution in [2.45, 2.75) is 26.6 Å². The Labute approximate surface area is 116 Å². The highest BCUT2D eigenvalue weighted by molar-refractivity contribution is 5.79. The van der Waals surface area contributed by atoms with E-state index in [4.69, 9.17) is 5.84 Å². The fourth-order valence-corrected chi connectivity index (χ4v) is 1.42. The third-order valence-corrected chi connectivity index (χ3v) is 2.52. The summed E-state index contributed by atoms with van der Waals surface area (Å²) in [5, 5.41) is 3.01. The van der Waals surface area contributed by atoms with Gasteiger partial charge in [-0.05, 0) is 23.6 Å². The molecule has 0 aromatic heterocycles. The minimum atomic E-state index is -4.31. The molecule has 0 spiro atoms. The second kappa shape index (κ2) is 7.14. The smallest absolute Gasteiger partial charge is 0.355 e. The van der Waals surface area contributed by atoms with Crippen molar-refractivity contribution >= 4 is 5.96 Å². The van der Waals surface area contributed by atoms with E-state index in [-0.39, 0.29) is 6.54 Å². The highest BCUT2D eigenvalue weighted by atomic mass is 19.4. The third kappa shape index (κ3) is 5.48. The van der Waals surface area contributed by atoms with Crippen LogP contribution in [0.25, 0.3) is 0 Å². The first-order chi connectivity index (χ1) is 9.32. The van der Waals surface area contributed by atoms with Crippen molar-refractivity contribution in [3.63, 3.8) is 0 Å². The Morgan fingerprint density at radius 3 is 2.30 bits per heavy atom. The molecule has 0 aliphatic rings. The van der Waals surface area contributed by atoms with Gasteiger partial charge >= 0.3 is 6.18 Å². The molecule has 0 radical (unpaired) electrons. The summed E-state index contributed by atoms with van der Waals surface area (Å²) in [6.45, 7) is 5.03. The van der Waals surface area contributed by atoms with Gasteiger partial charge < -0.3 is 5.32 Å². The molecule has 0 fully saturated rings. The van der Waals surface area contributed by atoms with Gasteiger partial charge in [-0.2, -0.15) is 13.2 Å². The number of guanidine groups is 1. The summed E-state index contributed by atoms with van der Waals surface area (Å²) in [4.78, 5) is 4.16. The Morgan fingerprint density at radius 1 is 1.25 bits per heavy atom. The summed E-state index contributed by atoms with van der Waals surface area (Å²) in [5.74, 6) is 6.16. The molecule has 1 aromatic carbocycles. The number of rotatable bonds is 4. The van der Waals surface area contributed by atoms with Crippen molar-refractivity contribution in [3.05, 3.63) is 35.4 Å². The predicted molar refractivity (Wildman–Crippen MR) is 72.7 cm³/mol. The molecular formula is C13H19F3N4. The Hall–Kier alpha value is -1.76. The van der Waals surface area contributed by atoms with Gasteiger partial charge in [-0.15, -0.1) is 0 Å². The van der Waals surface area contributed by atoms with E-state index in [0.29, 0.717) is 24.0 Å². The van der Waals surface area contributed by atoms with Gasteiger partial charge in [0, 0.05) is 6.54 Å². The molecule has 0 unspecified atom stereocenters. The van der Waals surface area contributed by atoms with Crippen molar-refractivity contribution in [3.8, 4) is 0 Å². The molecule has 0 saturated carbocycles. The fourth-order valence-electron chi connectivity index (χ4n) is 1.42. The minimum Gasteiger partial charge on any atom is -0.355 e. The number of alkyl halides is 3. The number of hydrazine groups is 1. The lowest BCUT2D eigenvalue weighted by Crippen LogP contribution is -2.42. The topological polar surface area (TPSA) is 62.4 Å². The number of nitrogens with zero attached hydrogens (tertiary/aromatic N) is 1. The lowest BCUT2D eigenvalue weighted by molar-refractivity contribution is -0.137. The van der Waals surface area contributed by atoms with Crippen molar-refractivity contribution < 1.29 is 13.2 Å². The number of hydrogen-bond donors (Lipinski definition) is 3. The first-order valence-electron chi connectivity index (χ1n) is 6.24. The monoisotopic (exact) mass is 288 g/mol. The molecule has 7 heteroatoms. The van der Waals surface area contributed by atoms with Crippen LogP contribution in [0.4, 0.5) is 13.2 Å². The molecule has 20 heavy (non-hydrogen) atoms. The average Bonchev–Trinajstić information content (AvgIpc) is 2.38. The van der Waals surface area contributed by atoms with E-state index in [0.717, 1.165) is 12.1 Å². The third-order valence-electron chi connectivity index (χ3n) is 2.52. The normalized spacial score (nSPS) is 12.7. The molecule has 0 saturated heterocycles. The number of benzene rings is 1. The predicted octanol–water partition coefficient (Wildman–Crippen LogP) is 2.27. The molecule has 4 N–H and O–H groups in total. The maximum atomic E-state index is 12.4. The van der Waals surface area contributed by atoms with Gasteiger partial charge in [0.15, 0.2) is 0 Å². The van der Waals surface area contributed by atoms with Crippen LogP contribution >= 0.6 is 0 Å². The van der Waals surface area contributed by atoms with Crippen LogP contribution in [-0.4, -0.2) is 12.5 Å². The van der Waals surface area contributed by atoms with Gasteiger partial charge in [-0.25, -0.2) is 10.8 Å². The quantitative estimate of drug-likeness (QED) is 0.345. The zero-order valence-corrected chi connectivity index (χ0v) is 11.5. The summed E-state index contributed by atoms with van der Waals surface area (Å²) in [6, 6.07) is 4.90. The molecule has 1 aromatic rings. The minimum absolute atomic E-state index is 0.253. The maximum absolute atomic E-state index is 12.4. The molecule has 1 rings (SSSR count). The van der Waals surface area contributed by atoms with Gasteiger partial charge in [0.25, 0.3) is 0 Å². The number of nitrogens with two attached hydrogens (primary N) is 1. The molecule has 0 aliphatic carbocycles. The van der Waals surface area contributed by atoms with Crippen molar-refractivity contribution in [2.75, 3.05) is 6.54 Å². The first kappa shape index (κ1) is 16.3. The summed E-state index contributed by atoms with van der Waals surface area (Å²) in [5.41, 5.74) is 2.43. The van der Waals surface area contributed by atoms with Crippen LogP contribution in [0.15, 0.2) is 29.3 Å². The zero-order chi connectivity index (χ0) is 15.2. The Morgan fingerprint density at radius 2 is 1.85 bits per heavy atom. The zero-order valence-electron chi connectivity index (χ0n) is 11.5. The first-order valence-corrected chi connectivity index (χ1v) is 6.24. The Bertz CT molecular complexity index is 438. The Kier molecular flexibility index (Phi) is 5.82. The van der Waals surface area contributed by atoms with Crippen LogP contribution in [0.2, 0.25) is 0 Å². The van der Waals surface area contributed by atoms with E-state index < -0.39 is 11.7 Å². The van der Waals surface area contributed by atoms with Crippen LogP contribution in [0.3, 0.4) is 0 Å². The summed E-state index contributed by atoms with van der Waals surface area (Å²) >= 11 is 0. The second-order valence-electron chi connectivity index (χ2n) is 4.78. The molecule has 4 nitrogen and oxygen atoms in total. The van der Waals surface area contributed by atoms with Crippen LogP contribution in [0.1, 0.15) is 25.0 Å². The van der Waals surface area contributed by atoms with Crippen LogP contribution in [0.5, 0.6) is 0 Å². The van der Waals surface area contributed by atoms with E-state index in [2.05, 4.69) is 15.7 Å². The van der Waals surface area contributed by atoms with Gasteiger partial charge in [0.2, 0.25) is 5.96 Å². The lowest BCUT2D eigenvalue weighted by atomic mass is 10.1. The molecule has 0 aliphatic heterocycles. The SMILES string of the molecule is CC(C)CNC(=NCc1ccc(C(F)(F)F)cc1)NN. The molecule has 0 atom stereocenters. The van der Waals surface area contributed by atoms with E-state index >= 15 is 0 Å². The van der Waals surface area contributed by atoms with Crippen LogP contribution < -0.4 is 16.6 Å². The maximum Gasteiger partial charge on any atom is 0.416 e. The lowest BCUT2D eigenvalue weighted by Gasteiger charge is -2.11. The van der Waals surface area contributed by atoms with E-state index in [9.17, 15) is 13.2 Å². The highest BCUT2D eigenvalue weighted by Crippen LogP contribution is 2.29. The summed E-state index contributed by atoms with van der Waals surface area (Å²) < 4.78 is 37.2. The van der Waals surface area contributed by atoms with Crippen molar-refractivity contribution in [1.29, 1.82) is 0 Å². The summed E-state index contributed by atoms with van der Waals surface area (Å²) in [7, 11) is 0. The van der Waals surface area contributed by atoms with Gasteiger partial charge in [-0.3, -0.25) is 5.43 Å². The largest absolute Gasteiger partial charge is 0.416 e. The van der Waals surface area contributed by atoms with E-state index in [1.54, 1.807) is 0 Å². The highest BCUT2D eigenvalue weighted by Gasteiger charge is 2.29. The Balaban J connectivity index is 2.63. The van der Waals surface area contributed by atoms with Crippen LogP contribution in [-0.2, 0) is 12.7 Å². The molecule has 112 valence electrons. The van der Waals surface area contributed by atoms with Crippen molar-refractivity contribution in [2.24, 2.45) is 16.8 Å². The number of hydrogen-bond acceptors (Lipinski definition) is 2. The number of halogens is 3. The standard InChI is InChI=1S/C13H19F3N4/c1-9(2)7-18-12(20-17)19-8-10-3-5-11(6-4-10)13(14,15)16/h3-6,9H,7-8,17H2,1-2H3,(H2,18,19,20). The molecular weight excluding hydrogens is 269 g/mol. The molecule has 0 amide bonds. The molecule has 0 heterocycles. The molecule has 0 bridgehead atoms. The number of nitrogens with one attached hydrogen (secondary N) is 2. The van der Waals surface area contributed by atoms with Gasteiger partial charge in [0.05, 0.1) is 12.1 Å². The summed E-state index contributed by atoms with van der Waals surface area (Å²) in [6.07, 6.45) is -4.31. The van der Waals surface area contributed by atoms with Crippen LogP contribution in [0, 0.1) is 5.92 Å². The van der Waals surface area contributed by atoms with Crippen molar-refractivity contribution in [1.82, 2.24) is 10.7 Å². The van der Waals surface area contributed by atoms with Gasteiger partial charge in [0.1, 0.15) is 0 Å². The fraction of sp³-hybridized carbons (Fsp3) is 0.462. The van der Waals surface area contributed by atoms with Gasteiger partial charge in [-0.1, -0.05) is 26.0 Å². The van der Waals surface area contributed by atoms with E-state index in [1.165, 1.54) is 12.1 Å². The average molecular weight is 288 g/mol.